The van der Waals surface area contributed by atoms with Crippen molar-refractivity contribution in [3.05, 3.63) is 188 Å². The van der Waals surface area contributed by atoms with E-state index in [9.17, 15) is 0 Å². The molecule has 7 aromatic carbocycles. The molecule has 10 rings (SSSR count). The number of aromatic nitrogens is 3. The third kappa shape index (κ3) is 5.19. The average molecular weight is 662 g/mol. The molecule has 0 aliphatic carbocycles. The van der Waals surface area contributed by atoms with Gasteiger partial charge < -0.3 is 0 Å². The Morgan fingerprint density at radius 3 is 1.50 bits per heavy atom. The molecule has 0 radical (unpaired) electrons. The van der Waals surface area contributed by atoms with E-state index < -0.39 is 0 Å². The first-order valence-electron chi connectivity index (χ1n) is 17.6. The molecule has 0 spiro atoms. The number of rotatable bonds is 5. The van der Waals surface area contributed by atoms with E-state index in [4.69, 9.17) is 15.0 Å². The van der Waals surface area contributed by atoms with Gasteiger partial charge in [0, 0.05) is 38.4 Å². The van der Waals surface area contributed by atoms with Crippen LogP contribution in [-0.4, -0.2) is 15.0 Å². The SMILES string of the molecule is c1ccc(-c2ccc3cc(-c4cccc(-c5ccc6cc7ccccc7c(-c7ccccc7)c6n5)c4)c4ccc(-c5ccccc5)nc4c3n2)cc1. The maximum atomic E-state index is 5.38. The van der Waals surface area contributed by atoms with Crippen LogP contribution in [0.1, 0.15) is 0 Å². The number of nitrogens with zero attached hydrogens (tertiary/aromatic N) is 3. The molecule has 0 aliphatic heterocycles. The van der Waals surface area contributed by atoms with Crippen LogP contribution < -0.4 is 0 Å². The lowest BCUT2D eigenvalue weighted by atomic mass is 9.93. The molecule has 0 bridgehead atoms. The largest absolute Gasteiger partial charge is 0.247 e. The van der Waals surface area contributed by atoms with Crippen molar-refractivity contribution in [1.82, 2.24) is 15.0 Å². The lowest BCUT2D eigenvalue weighted by molar-refractivity contribution is 1.36. The highest BCUT2D eigenvalue weighted by atomic mass is 14.8. The number of hydrogen-bond acceptors (Lipinski definition) is 3. The van der Waals surface area contributed by atoms with E-state index >= 15 is 0 Å². The first-order chi connectivity index (χ1) is 25.8. The summed E-state index contributed by atoms with van der Waals surface area (Å²) < 4.78 is 0. The molecule has 0 atom stereocenters. The second-order valence-corrected chi connectivity index (χ2v) is 13.2. The van der Waals surface area contributed by atoms with Gasteiger partial charge in [-0.3, -0.25) is 0 Å². The molecule has 3 heteroatoms. The van der Waals surface area contributed by atoms with Crippen molar-refractivity contribution in [2.45, 2.75) is 0 Å². The molecule has 0 saturated heterocycles. The normalized spacial score (nSPS) is 11.5. The van der Waals surface area contributed by atoms with Gasteiger partial charge in [0.25, 0.3) is 0 Å². The Labute approximate surface area is 301 Å². The highest BCUT2D eigenvalue weighted by Gasteiger charge is 2.16. The Morgan fingerprint density at radius 2 is 0.788 bits per heavy atom. The predicted molar refractivity (Wildman–Crippen MR) is 217 cm³/mol. The van der Waals surface area contributed by atoms with Crippen LogP contribution in [0, 0.1) is 0 Å². The molecule has 0 amide bonds. The molecule has 0 saturated carbocycles. The monoisotopic (exact) mass is 661 g/mol. The van der Waals surface area contributed by atoms with Gasteiger partial charge in [-0.05, 0) is 69.9 Å². The van der Waals surface area contributed by atoms with Crippen LogP contribution in [0.4, 0.5) is 0 Å². The van der Waals surface area contributed by atoms with Gasteiger partial charge in [-0.25, -0.2) is 15.0 Å². The second kappa shape index (κ2) is 12.4. The van der Waals surface area contributed by atoms with Crippen LogP contribution in [-0.2, 0) is 0 Å². The lowest BCUT2D eigenvalue weighted by Crippen LogP contribution is -1.94. The minimum Gasteiger partial charge on any atom is -0.247 e. The van der Waals surface area contributed by atoms with E-state index in [1.54, 1.807) is 0 Å². The minimum absolute atomic E-state index is 0.889. The Kier molecular flexibility index (Phi) is 7.14. The maximum absolute atomic E-state index is 5.38. The summed E-state index contributed by atoms with van der Waals surface area (Å²) in [5, 5.41) is 5.65. The van der Waals surface area contributed by atoms with E-state index in [1.807, 2.05) is 12.1 Å². The van der Waals surface area contributed by atoms with E-state index in [1.165, 1.54) is 10.8 Å². The highest BCUT2D eigenvalue weighted by molar-refractivity contribution is 6.13. The lowest BCUT2D eigenvalue weighted by Gasteiger charge is -2.14. The number of pyridine rings is 3. The number of benzene rings is 7. The molecule has 0 N–H and O–H groups in total. The quantitative estimate of drug-likeness (QED) is 0.136. The Morgan fingerprint density at radius 1 is 0.269 bits per heavy atom. The van der Waals surface area contributed by atoms with Crippen molar-refractivity contribution >= 4 is 43.5 Å². The summed E-state index contributed by atoms with van der Waals surface area (Å²) >= 11 is 0. The predicted octanol–water partition coefficient (Wildman–Crippen LogP) is 12.8. The third-order valence-electron chi connectivity index (χ3n) is 10.0. The zero-order valence-corrected chi connectivity index (χ0v) is 28.2. The van der Waals surface area contributed by atoms with Gasteiger partial charge >= 0.3 is 0 Å². The molecule has 242 valence electrons. The molecule has 0 fully saturated rings. The van der Waals surface area contributed by atoms with Gasteiger partial charge in [-0.15, -0.1) is 0 Å². The van der Waals surface area contributed by atoms with Crippen LogP contribution in [0.3, 0.4) is 0 Å². The van der Waals surface area contributed by atoms with E-state index in [0.717, 1.165) is 88.7 Å². The van der Waals surface area contributed by atoms with Crippen molar-refractivity contribution in [2.75, 3.05) is 0 Å². The topological polar surface area (TPSA) is 38.7 Å². The van der Waals surface area contributed by atoms with Crippen molar-refractivity contribution in [3.8, 4) is 56.0 Å². The van der Waals surface area contributed by atoms with Gasteiger partial charge in [0.1, 0.15) is 0 Å². The molecular weight excluding hydrogens is 631 g/mol. The maximum Gasteiger partial charge on any atom is 0.0978 e. The highest BCUT2D eigenvalue weighted by Crippen LogP contribution is 2.39. The van der Waals surface area contributed by atoms with Crippen LogP contribution in [0.2, 0.25) is 0 Å². The fraction of sp³-hybridized carbons (Fsp3) is 0. The summed E-state index contributed by atoms with van der Waals surface area (Å²) in [6.45, 7) is 0. The Bertz CT molecular complexity index is 2940. The van der Waals surface area contributed by atoms with Gasteiger partial charge in [0.2, 0.25) is 0 Å². The van der Waals surface area contributed by atoms with Crippen LogP contribution in [0.15, 0.2) is 188 Å². The minimum atomic E-state index is 0.889. The molecule has 0 unspecified atom stereocenters. The molecule has 3 aromatic heterocycles. The molecule has 0 aliphatic rings. The summed E-state index contributed by atoms with van der Waals surface area (Å²) in [5.74, 6) is 0. The first-order valence-corrected chi connectivity index (χ1v) is 17.6. The van der Waals surface area contributed by atoms with Crippen molar-refractivity contribution in [1.29, 1.82) is 0 Å². The van der Waals surface area contributed by atoms with Crippen LogP contribution in [0.25, 0.3) is 99.5 Å². The van der Waals surface area contributed by atoms with Gasteiger partial charge in [-0.2, -0.15) is 0 Å². The standard InChI is InChI=1S/C49H31N3/c1-4-13-32(14-5-1)43-26-24-39-31-42(41-25-28-44(33-15-6-2-7-16-33)52-49(41)48(39)51-43)36-20-12-21-37(29-36)45-27-23-38-30-35-19-10-11-22-40(35)46(47(38)50-45)34-17-8-3-9-18-34/h1-31H. The molecular formula is C49H31N3. The number of fused-ring (bicyclic) bond motifs is 5. The molecule has 10 aromatic rings. The second-order valence-electron chi connectivity index (χ2n) is 13.2. The fourth-order valence-corrected chi connectivity index (χ4v) is 7.48. The zero-order chi connectivity index (χ0) is 34.4. The summed E-state index contributed by atoms with van der Waals surface area (Å²) in [5.41, 5.74) is 13.3. The summed E-state index contributed by atoms with van der Waals surface area (Å²) in [6, 6.07) is 66.1. The number of hydrogen-bond donors (Lipinski definition) is 0. The summed E-state index contributed by atoms with van der Waals surface area (Å²) in [7, 11) is 0. The van der Waals surface area contributed by atoms with Gasteiger partial charge in [0.15, 0.2) is 0 Å². The van der Waals surface area contributed by atoms with Gasteiger partial charge in [-0.1, -0.05) is 146 Å². The first kappa shape index (κ1) is 29.9. The molecule has 52 heavy (non-hydrogen) atoms. The van der Waals surface area contributed by atoms with Crippen LogP contribution >= 0.6 is 0 Å². The van der Waals surface area contributed by atoms with Gasteiger partial charge in [0.05, 0.1) is 33.6 Å². The molecule has 3 heterocycles. The van der Waals surface area contributed by atoms with Crippen molar-refractivity contribution < 1.29 is 0 Å². The van der Waals surface area contributed by atoms with E-state index in [2.05, 4.69) is 176 Å². The summed E-state index contributed by atoms with van der Waals surface area (Å²) in [4.78, 5) is 15.9. The Hall–Kier alpha value is -6.97. The van der Waals surface area contributed by atoms with Crippen molar-refractivity contribution in [3.63, 3.8) is 0 Å². The zero-order valence-electron chi connectivity index (χ0n) is 28.2. The Balaban J connectivity index is 1.16. The smallest absolute Gasteiger partial charge is 0.0978 e. The average Bonchev–Trinajstić information content (AvgIpc) is 3.23. The van der Waals surface area contributed by atoms with Crippen molar-refractivity contribution in [2.24, 2.45) is 0 Å². The van der Waals surface area contributed by atoms with Crippen LogP contribution in [0.5, 0.6) is 0 Å². The fourth-order valence-electron chi connectivity index (χ4n) is 7.48. The molecule has 3 nitrogen and oxygen atoms in total. The van der Waals surface area contributed by atoms with E-state index in [0.29, 0.717) is 0 Å². The summed E-state index contributed by atoms with van der Waals surface area (Å²) in [6.07, 6.45) is 0. The third-order valence-corrected chi connectivity index (χ3v) is 10.0. The van der Waals surface area contributed by atoms with E-state index in [-0.39, 0.29) is 0 Å².